The third-order valence-electron chi connectivity index (χ3n) is 4.57. The summed E-state index contributed by atoms with van der Waals surface area (Å²) in [6.45, 7) is 2.35. The van der Waals surface area contributed by atoms with Gasteiger partial charge in [0.15, 0.2) is 0 Å². The first-order valence-corrected chi connectivity index (χ1v) is 9.29. The van der Waals surface area contributed by atoms with Gasteiger partial charge in [0.1, 0.15) is 0 Å². The van der Waals surface area contributed by atoms with Gasteiger partial charge in [-0.1, -0.05) is 60.2 Å². The summed E-state index contributed by atoms with van der Waals surface area (Å²) in [5, 5.41) is 3.29. The molecule has 0 saturated carbocycles. The van der Waals surface area contributed by atoms with Crippen LogP contribution in [0.1, 0.15) is 21.7 Å². The Labute approximate surface area is 167 Å². The predicted molar refractivity (Wildman–Crippen MR) is 114 cm³/mol. The van der Waals surface area contributed by atoms with E-state index in [0.717, 1.165) is 11.1 Å². The van der Waals surface area contributed by atoms with Crippen LogP contribution in [0.15, 0.2) is 83.7 Å². The molecule has 4 aromatic rings. The van der Waals surface area contributed by atoms with Gasteiger partial charge in [0.2, 0.25) is 5.82 Å². The van der Waals surface area contributed by atoms with Gasteiger partial charge in [-0.05, 0) is 36.8 Å². The minimum atomic E-state index is -0.433. The maximum absolute atomic E-state index is 13.1. The summed E-state index contributed by atoms with van der Waals surface area (Å²) in [5.74, 6) is -0.429. The van der Waals surface area contributed by atoms with Crippen LogP contribution < -0.4 is 16.3 Å². The molecule has 1 aromatic heterocycles. The molecular weight excluding hydrogens is 364 g/mol. The Morgan fingerprint density at radius 1 is 0.931 bits per heavy atom. The summed E-state index contributed by atoms with van der Waals surface area (Å²) in [4.78, 5) is 30.4. The van der Waals surface area contributed by atoms with Crippen LogP contribution in [-0.4, -0.2) is 15.6 Å². The number of aryl methyl sites for hydroxylation is 1. The molecule has 0 aliphatic rings. The van der Waals surface area contributed by atoms with Gasteiger partial charge in [-0.25, -0.2) is 4.98 Å². The van der Waals surface area contributed by atoms with E-state index in [0.29, 0.717) is 23.1 Å². The van der Waals surface area contributed by atoms with Crippen LogP contribution in [0.2, 0.25) is 0 Å². The number of nitrogens with zero attached hydrogens (tertiary/aromatic N) is 2. The molecule has 0 radical (unpaired) electrons. The summed E-state index contributed by atoms with van der Waals surface area (Å²) in [6, 6.07) is 24.1. The lowest BCUT2D eigenvalue weighted by atomic mass is 10.1. The molecule has 0 aliphatic carbocycles. The SMILES string of the molecule is Cc1ccc(CNC(=O)c2nc3ccccc3c(=O)n2Nc2ccccc2)cc1. The molecule has 3 aromatic carbocycles. The molecule has 1 heterocycles. The molecule has 4 rings (SSSR count). The monoisotopic (exact) mass is 384 g/mol. The quantitative estimate of drug-likeness (QED) is 0.552. The molecule has 29 heavy (non-hydrogen) atoms. The molecule has 0 atom stereocenters. The maximum atomic E-state index is 13.1. The summed E-state index contributed by atoms with van der Waals surface area (Å²) in [5.41, 5.74) is 5.94. The van der Waals surface area contributed by atoms with E-state index in [9.17, 15) is 9.59 Å². The van der Waals surface area contributed by atoms with Crippen molar-refractivity contribution in [1.29, 1.82) is 0 Å². The second-order valence-electron chi connectivity index (χ2n) is 6.74. The van der Waals surface area contributed by atoms with Crippen molar-refractivity contribution in [3.63, 3.8) is 0 Å². The standard InChI is InChI=1S/C23H20N4O2/c1-16-11-13-17(14-12-16)15-24-22(28)21-25-20-10-6-5-9-19(20)23(29)27(21)26-18-7-3-2-4-8-18/h2-14,26H,15H2,1H3,(H,24,28). The molecule has 0 saturated heterocycles. The smallest absolute Gasteiger partial charge is 0.289 e. The second kappa shape index (κ2) is 7.98. The first-order valence-electron chi connectivity index (χ1n) is 9.29. The molecule has 0 fully saturated rings. The van der Waals surface area contributed by atoms with Crippen molar-refractivity contribution in [2.75, 3.05) is 5.43 Å². The third kappa shape index (κ3) is 4.01. The topological polar surface area (TPSA) is 76.0 Å². The van der Waals surface area contributed by atoms with E-state index in [1.54, 1.807) is 24.3 Å². The second-order valence-corrected chi connectivity index (χ2v) is 6.74. The fraction of sp³-hybridized carbons (Fsp3) is 0.0870. The first-order chi connectivity index (χ1) is 14.1. The molecular formula is C23H20N4O2. The summed E-state index contributed by atoms with van der Waals surface area (Å²) in [7, 11) is 0. The highest BCUT2D eigenvalue weighted by Gasteiger charge is 2.17. The Bertz CT molecular complexity index is 1220. The van der Waals surface area contributed by atoms with Gasteiger partial charge >= 0.3 is 0 Å². The van der Waals surface area contributed by atoms with Gasteiger partial charge < -0.3 is 5.32 Å². The Balaban J connectivity index is 1.71. The van der Waals surface area contributed by atoms with Crippen molar-refractivity contribution in [3.8, 4) is 0 Å². The first kappa shape index (κ1) is 18.4. The van der Waals surface area contributed by atoms with Crippen molar-refractivity contribution in [1.82, 2.24) is 15.0 Å². The molecule has 0 aliphatic heterocycles. The summed E-state index contributed by atoms with van der Waals surface area (Å²) < 4.78 is 1.20. The van der Waals surface area contributed by atoms with Gasteiger partial charge in [-0.2, -0.15) is 4.68 Å². The Kier molecular flexibility index (Phi) is 5.07. The molecule has 1 amide bonds. The number of hydrogen-bond acceptors (Lipinski definition) is 4. The number of rotatable bonds is 5. The highest BCUT2D eigenvalue weighted by atomic mass is 16.2. The number of amides is 1. The van der Waals surface area contributed by atoms with Crippen molar-refractivity contribution in [3.05, 3.63) is 106 Å². The number of hydrogen-bond donors (Lipinski definition) is 2. The molecule has 6 nitrogen and oxygen atoms in total. The lowest BCUT2D eigenvalue weighted by molar-refractivity contribution is 0.0936. The van der Waals surface area contributed by atoms with Gasteiger partial charge in [0.25, 0.3) is 11.5 Å². The number of para-hydroxylation sites is 2. The van der Waals surface area contributed by atoms with Gasteiger partial charge in [0, 0.05) is 6.54 Å². The minimum absolute atomic E-state index is 0.00432. The molecule has 0 spiro atoms. The number of carbonyl (C=O) groups excluding carboxylic acids is 1. The van der Waals surface area contributed by atoms with E-state index in [1.807, 2.05) is 61.5 Å². The van der Waals surface area contributed by atoms with Crippen molar-refractivity contribution >= 4 is 22.5 Å². The lowest BCUT2D eigenvalue weighted by Crippen LogP contribution is -2.37. The Hall–Kier alpha value is -3.93. The van der Waals surface area contributed by atoms with Crippen LogP contribution in [0.5, 0.6) is 0 Å². The Morgan fingerprint density at radius 3 is 2.38 bits per heavy atom. The predicted octanol–water partition coefficient (Wildman–Crippen LogP) is 3.51. The van der Waals surface area contributed by atoms with Crippen LogP contribution in [0, 0.1) is 6.92 Å². The summed E-state index contributed by atoms with van der Waals surface area (Å²) >= 11 is 0. The summed E-state index contributed by atoms with van der Waals surface area (Å²) in [6.07, 6.45) is 0. The van der Waals surface area contributed by atoms with Gasteiger partial charge in [-0.3, -0.25) is 15.0 Å². The van der Waals surface area contributed by atoms with Gasteiger partial charge in [-0.15, -0.1) is 0 Å². The number of aromatic nitrogens is 2. The highest BCUT2D eigenvalue weighted by molar-refractivity contribution is 5.93. The Morgan fingerprint density at radius 2 is 1.62 bits per heavy atom. The van der Waals surface area contributed by atoms with Crippen molar-refractivity contribution < 1.29 is 4.79 Å². The lowest BCUT2D eigenvalue weighted by Gasteiger charge is -2.15. The van der Waals surface area contributed by atoms with Crippen molar-refractivity contribution in [2.45, 2.75) is 13.5 Å². The zero-order valence-corrected chi connectivity index (χ0v) is 15.9. The number of benzene rings is 3. The minimum Gasteiger partial charge on any atom is -0.345 e. The third-order valence-corrected chi connectivity index (χ3v) is 4.57. The van der Waals surface area contributed by atoms with E-state index in [2.05, 4.69) is 15.7 Å². The fourth-order valence-corrected chi connectivity index (χ4v) is 3.00. The molecule has 2 N–H and O–H groups in total. The van der Waals surface area contributed by atoms with Gasteiger partial charge in [0.05, 0.1) is 16.6 Å². The van der Waals surface area contributed by atoms with E-state index in [-0.39, 0.29) is 11.4 Å². The average Bonchev–Trinajstić information content (AvgIpc) is 2.76. The van der Waals surface area contributed by atoms with Crippen LogP contribution >= 0.6 is 0 Å². The number of anilines is 1. The van der Waals surface area contributed by atoms with Crippen LogP contribution in [0.25, 0.3) is 10.9 Å². The fourth-order valence-electron chi connectivity index (χ4n) is 3.00. The van der Waals surface area contributed by atoms with E-state index in [1.165, 1.54) is 4.68 Å². The van der Waals surface area contributed by atoms with Crippen LogP contribution in [-0.2, 0) is 6.54 Å². The normalized spacial score (nSPS) is 10.7. The van der Waals surface area contributed by atoms with E-state index >= 15 is 0 Å². The molecule has 0 bridgehead atoms. The largest absolute Gasteiger partial charge is 0.345 e. The highest BCUT2D eigenvalue weighted by Crippen LogP contribution is 2.11. The molecule has 144 valence electrons. The van der Waals surface area contributed by atoms with E-state index in [4.69, 9.17) is 0 Å². The van der Waals surface area contributed by atoms with Crippen LogP contribution in [0.4, 0.5) is 5.69 Å². The molecule has 6 heteroatoms. The van der Waals surface area contributed by atoms with Crippen LogP contribution in [0.3, 0.4) is 0 Å². The maximum Gasteiger partial charge on any atom is 0.289 e. The number of fused-ring (bicyclic) bond motifs is 1. The number of nitrogens with one attached hydrogen (secondary N) is 2. The van der Waals surface area contributed by atoms with E-state index < -0.39 is 5.91 Å². The zero-order valence-electron chi connectivity index (χ0n) is 15.9. The average molecular weight is 384 g/mol. The number of carbonyl (C=O) groups is 1. The van der Waals surface area contributed by atoms with Crippen molar-refractivity contribution in [2.24, 2.45) is 0 Å². The molecule has 0 unspecified atom stereocenters. The zero-order chi connectivity index (χ0) is 20.2.